The molecule has 0 saturated carbocycles. The van der Waals surface area contributed by atoms with Crippen molar-refractivity contribution in [1.82, 2.24) is 14.9 Å². The third kappa shape index (κ3) is 3.35. The number of hydrogen-bond acceptors (Lipinski definition) is 4. The lowest BCUT2D eigenvalue weighted by atomic mass is 10.2. The van der Waals surface area contributed by atoms with Gasteiger partial charge in [0.2, 0.25) is 5.91 Å². The highest BCUT2D eigenvalue weighted by Gasteiger charge is 2.17. The van der Waals surface area contributed by atoms with Crippen LogP contribution in [0.25, 0.3) is 11.0 Å². The Labute approximate surface area is 129 Å². The van der Waals surface area contributed by atoms with E-state index in [1.165, 1.54) is 0 Å². The molecule has 1 fully saturated rings. The zero-order chi connectivity index (χ0) is 14.7. The molecule has 3 rings (SSSR count). The molecule has 1 aromatic heterocycles. The Balaban J connectivity index is 1.62. The van der Waals surface area contributed by atoms with Crippen LogP contribution in [0, 0.1) is 6.92 Å². The molecule has 0 aliphatic carbocycles. The highest BCUT2D eigenvalue weighted by molar-refractivity contribution is 7.99. The average Bonchev–Trinajstić information content (AvgIpc) is 3.02. The molecule has 0 bridgehead atoms. The van der Waals surface area contributed by atoms with Crippen LogP contribution < -0.4 is 0 Å². The van der Waals surface area contributed by atoms with Crippen molar-refractivity contribution in [3.05, 3.63) is 35.7 Å². The second-order valence-corrected chi connectivity index (χ2v) is 6.31. The zero-order valence-corrected chi connectivity index (χ0v) is 13.0. The van der Waals surface area contributed by atoms with Crippen molar-refractivity contribution in [1.29, 1.82) is 0 Å². The lowest BCUT2D eigenvalue weighted by Crippen LogP contribution is -2.29. The van der Waals surface area contributed by atoms with Crippen LogP contribution in [0.5, 0.6) is 0 Å². The molecule has 1 aromatic carbocycles. The van der Waals surface area contributed by atoms with Crippen molar-refractivity contribution in [3.8, 4) is 0 Å². The van der Waals surface area contributed by atoms with Gasteiger partial charge in [0, 0.05) is 18.8 Å². The van der Waals surface area contributed by atoms with E-state index in [1.807, 2.05) is 36.1 Å². The molecular weight excluding hydrogens is 282 g/mol. The summed E-state index contributed by atoms with van der Waals surface area (Å²) in [6.07, 6.45) is 2.29. The number of aromatic nitrogens is 2. The van der Waals surface area contributed by atoms with Gasteiger partial charge >= 0.3 is 0 Å². The van der Waals surface area contributed by atoms with Crippen molar-refractivity contribution in [2.24, 2.45) is 0 Å². The topological polar surface area (TPSA) is 46.1 Å². The van der Waals surface area contributed by atoms with Crippen LogP contribution >= 0.6 is 11.8 Å². The van der Waals surface area contributed by atoms with Crippen LogP contribution in [0.1, 0.15) is 24.2 Å². The summed E-state index contributed by atoms with van der Waals surface area (Å²) >= 11 is 1.63. The fourth-order valence-electron chi connectivity index (χ4n) is 2.55. The Morgan fingerprint density at radius 3 is 2.57 bits per heavy atom. The SMILES string of the molecule is Cc1nc2ccccc2nc1CSCC(=O)N1CCCC1. The van der Waals surface area contributed by atoms with E-state index in [4.69, 9.17) is 0 Å². The minimum atomic E-state index is 0.254. The van der Waals surface area contributed by atoms with Crippen molar-refractivity contribution in [2.75, 3.05) is 18.8 Å². The number of carbonyl (C=O) groups excluding carboxylic acids is 1. The molecule has 2 heterocycles. The van der Waals surface area contributed by atoms with E-state index < -0.39 is 0 Å². The van der Waals surface area contributed by atoms with E-state index >= 15 is 0 Å². The molecule has 1 amide bonds. The number of nitrogens with zero attached hydrogens (tertiary/aromatic N) is 3. The number of thioether (sulfide) groups is 1. The highest BCUT2D eigenvalue weighted by Crippen LogP contribution is 2.18. The van der Waals surface area contributed by atoms with Gasteiger partial charge in [-0.1, -0.05) is 12.1 Å². The van der Waals surface area contributed by atoms with Gasteiger partial charge in [-0.3, -0.25) is 4.79 Å². The van der Waals surface area contributed by atoms with Crippen LogP contribution in [0.2, 0.25) is 0 Å². The summed E-state index contributed by atoms with van der Waals surface area (Å²) in [5, 5.41) is 0. The fourth-order valence-corrected chi connectivity index (χ4v) is 3.48. The van der Waals surface area contributed by atoms with E-state index in [2.05, 4.69) is 9.97 Å². The number of aryl methyl sites for hydroxylation is 1. The average molecular weight is 301 g/mol. The summed E-state index contributed by atoms with van der Waals surface area (Å²) in [7, 11) is 0. The molecule has 110 valence electrons. The molecule has 4 nitrogen and oxygen atoms in total. The summed E-state index contributed by atoms with van der Waals surface area (Å²) in [4.78, 5) is 23.2. The van der Waals surface area contributed by atoms with Crippen LogP contribution in [0.4, 0.5) is 0 Å². The van der Waals surface area contributed by atoms with E-state index in [0.29, 0.717) is 5.75 Å². The van der Waals surface area contributed by atoms with Crippen molar-refractivity contribution < 1.29 is 4.79 Å². The van der Waals surface area contributed by atoms with E-state index in [0.717, 1.165) is 54.1 Å². The van der Waals surface area contributed by atoms with Crippen molar-refractivity contribution in [3.63, 3.8) is 0 Å². The smallest absolute Gasteiger partial charge is 0.232 e. The second-order valence-electron chi connectivity index (χ2n) is 5.33. The number of rotatable bonds is 4. The molecule has 0 unspecified atom stereocenters. The van der Waals surface area contributed by atoms with Crippen LogP contribution in [0.15, 0.2) is 24.3 Å². The molecule has 2 aromatic rings. The van der Waals surface area contributed by atoms with Crippen LogP contribution in [-0.4, -0.2) is 39.6 Å². The Kier molecular flexibility index (Phi) is 4.39. The number of likely N-dealkylation sites (tertiary alicyclic amines) is 1. The van der Waals surface area contributed by atoms with Crippen LogP contribution in [0.3, 0.4) is 0 Å². The molecule has 5 heteroatoms. The van der Waals surface area contributed by atoms with Gasteiger partial charge in [-0.15, -0.1) is 11.8 Å². The third-order valence-electron chi connectivity index (χ3n) is 3.77. The number of fused-ring (bicyclic) bond motifs is 1. The Hall–Kier alpha value is -1.62. The number of amides is 1. The van der Waals surface area contributed by atoms with E-state index in [-0.39, 0.29) is 5.91 Å². The zero-order valence-electron chi connectivity index (χ0n) is 12.2. The maximum absolute atomic E-state index is 12.0. The molecule has 0 N–H and O–H groups in total. The lowest BCUT2D eigenvalue weighted by molar-refractivity contribution is -0.127. The monoisotopic (exact) mass is 301 g/mol. The minimum Gasteiger partial charge on any atom is -0.342 e. The van der Waals surface area contributed by atoms with E-state index in [9.17, 15) is 4.79 Å². The first-order valence-electron chi connectivity index (χ1n) is 7.32. The Bertz CT molecular complexity index is 653. The molecule has 0 spiro atoms. The molecule has 0 atom stereocenters. The number of para-hydroxylation sites is 2. The first-order chi connectivity index (χ1) is 10.2. The molecule has 0 radical (unpaired) electrons. The number of hydrogen-bond donors (Lipinski definition) is 0. The van der Waals surface area contributed by atoms with Gasteiger partial charge in [-0.05, 0) is 31.9 Å². The normalized spacial score (nSPS) is 14.8. The summed E-state index contributed by atoms with van der Waals surface area (Å²) in [6, 6.07) is 7.90. The number of benzene rings is 1. The Morgan fingerprint density at radius 1 is 1.19 bits per heavy atom. The highest BCUT2D eigenvalue weighted by atomic mass is 32.2. The van der Waals surface area contributed by atoms with Crippen molar-refractivity contribution in [2.45, 2.75) is 25.5 Å². The van der Waals surface area contributed by atoms with Crippen LogP contribution in [-0.2, 0) is 10.5 Å². The summed E-state index contributed by atoms with van der Waals surface area (Å²) < 4.78 is 0. The van der Waals surface area contributed by atoms with Gasteiger partial charge in [0.05, 0.1) is 28.2 Å². The number of carbonyl (C=O) groups is 1. The first kappa shape index (κ1) is 14.3. The predicted molar refractivity (Wildman–Crippen MR) is 86.3 cm³/mol. The molecule has 21 heavy (non-hydrogen) atoms. The maximum Gasteiger partial charge on any atom is 0.232 e. The van der Waals surface area contributed by atoms with Gasteiger partial charge in [0.25, 0.3) is 0 Å². The van der Waals surface area contributed by atoms with Gasteiger partial charge in [-0.25, -0.2) is 9.97 Å². The predicted octanol–water partition coefficient (Wildman–Crippen LogP) is 2.79. The minimum absolute atomic E-state index is 0.254. The first-order valence-corrected chi connectivity index (χ1v) is 8.47. The third-order valence-corrected chi connectivity index (χ3v) is 4.69. The van der Waals surface area contributed by atoms with Gasteiger partial charge < -0.3 is 4.90 Å². The second kappa shape index (κ2) is 6.43. The fraction of sp³-hybridized carbons (Fsp3) is 0.438. The quantitative estimate of drug-likeness (QED) is 0.871. The standard InChI is InChI=1S/C16H19N3OS/c1-12-15(18-14-7-3-2-6-13(14)17-12)10-21-11-16(20)19-8-4-5-9-19/h2-3,6-7H,4-5,8-11H2,1H3. The largest absolute Gasteiger partial charge is 0.342 e. The summed E-state index contributed by atoms with van der Waals surface area (Å²) in [6.45, 7) is 3.83. The van der Waals surface area contributed by atoms with Crippen molar-refractivity contribution >= 4 is 28.7 Å². The van der Waals surface area contributed by atoms with Gasteiger partial charge in [0.15, 0.2) is 0 Å². The molecule has 1 aliphatic heterocycles. The molecular formula is C16H19N3OS. The molecule has 1 saturated heterocycles. The summed E-state index contributed by atoms with van der Waals surface area (Å²) in [5.41, 5.74) is 3.78. The van der Waals surface area contributed by atoms with Gasteiger partial charge in [-0.2, -0.15) is 0 Å². The van der Waals surface area contributed by atoms with E-state index in [1.54, 1.807) is 11.8 Å². The lowest BCUT2D eigenvalue weighted by Gasteiger charge is -2.14. The summed E-state index contributed by atoms with van der Waals surface area (Å²) in [5.74, 6) is 1.53. The Morgan fingerprint density at radius 2 is 1.86 bits per heavy atom. The molecule has 1 aliphatic rings. The van der Waals surface area contributed by atoms with Gasteiger partial charge in [0.1, 0.15) is 0 Å². The maximum atomic E-state index is 12.0.